The number of carbonyl (C=O) groups is 1. The largest absolute Gasteiger partial charge is 0.481 e. The molecule has 0 aliphatic rings. The Bertz CT molecular complexity index is 427. The van der Waals surface area contributed by atoms with Crippen LogP contribution >= 0.6 is 15.9 Å². The Morgan fingerprint density at radius 2 is 2.06 bits per heavy atom. The summed E-state index contributed by atoms with van der Waals surface area (Å²) < 4.78 is 14.1. The average Bonchev–Trinajstić information content (AvgIpc) is 2.12. The molecule has 1 rings (SSSR count). The maximum Gasteiger partial charge on any atom is 0.309 e. The first-order valence-corrected chi connectivity index (χ1v) is 5.71. The Hall–Kier alpha value is -0.900. The van der Waals surface area contributed by atoms with Crippen molar-refractivity contribution in [3.63, 3.8) is 0 Å². The highest BCUT2D eigenvalue weighted by molar-refractivity contribution is 9.10. The molecule has 0 saturated carbocycles. The first-order chi connectivity index (χ1) is 7.24. The minimum Gasteiger partial charge on any atom is -0.481 e. The van der Waals surface area contributed by atoms with E-state index in [0.29, 0.717) is 10.0 Å². The third kappa shape index (κ3) is 2.82. The molecule has 0 amide bonds. The molecule has 0 unspecified atom stereocenters. The van der Waals surface area contributed by atoms with E-state index in [0.717, 1.165) is 5.56 Å². The number of benzene rings is 1. The Balaban J connectivity index is 3.11. The normalized spacial score (nSPS) is 11.6. The predicted octanol–water partition coefficient (Wildman–Crippen LogP) is 3.55. The molecular weight excluding hydrogens is 275 g/mol. The summed E-state index contributed by atoms with van der Waals surface area (Å²) in [5.74, 6) is -1.30. The average molecular weight is 289 g/mol. The summed E-state index contributed by atoms with van der Waals surface area (Å²) in [5.41, 5.74) is 0.373. The lowest BCUT2D eigenvalue weighted by molar-refractivity contribution is -0.146. The summed E-state index contributed by atoms with van der Waals surface area (Å²) in [7, 11) is 0. The monoisotopic (exact) mass is 288 g/mol. The molecule has 88 valence electrons. The molecule has 0 spiro atoms. The van der Waals surface area contributed by atoms with Crippen LogP contribution in [-0.2, 0) is 11.2 Å². The highest BCUT2D eigenvalue weighted by Crippen LogP contribution is 2.28. The Kier molecular flexibility index (Phi) is 3.73. The van der Waals surface area contributed by atoms with Gasteiger partial charge in [0.15, 0.2) is 0 Å². The van der Waals surface area contributed by atoms with Crippen LogP contribution in [0.15, 0.2) is 16.6 Å². The maximum absolute atomic E-state index is 13.7. The lowest BCUT2D eigenvalue weighted by atomic mass is 9.85. The summed E-state index contributed by atoms with van der Waals surface area (Å²) in [6.45, 7) is 5.03. The first kappa shape index (κ1) is 13.2. The highest BCUT2D eigenvalue weighted by Gasteiger charge is 2.29. The Morgan fingerprint density at radius 1 is 1.50 bits per heavy atom. The number of rotatable bonds is 3. The topological polar surface area (TPSA) is 37.3 Å². The van der Waals surface area contributed by atoms with Crippen LogP contribution in [0.3, 0.4) is 0 Å². The highest BCUT2D eigenvalue weighted by atomic mass is 79.9. The van der Waals surface area contributed by atoms with E-state index in [4.69, 9.17) is 5.11 Å². The Labute approximate surface area is 103 Å². The number of hydrogen-bond donors (Lipinski definition) is 1. The van der Waals surface area contributed by atoms with Crippen molar-refractivity contribution in [1.29, 1.82) is 0 Å². The molecule has 0 bridgehead atoms. The standard InChI is InChI=1S/C12H14BrFO2/c1-7-4-8(10(14)9(13)5-7)6-12(2,3)11(15)16/h4-5H,6H2,1-3H3,(H,15,16). The van der Waals surface area contributed by atoms with Crippen LogP contribution < -0.4 is 0 Å². The van der Waals surface area contributed by atoms with Crippen molar-refractivity contribution < 1.29 is 14.3 Å². The molecule has 0 atom stereocenters. The lowest BCUT2D eigenvalue weighted by Gasteiger charge is -2.20. The van der Waals surface area contributed by atoms with E-state index in [-0.39, 0.29) is 12.2 Å². The van der Waals surface area contributed by atoms with Crippen LogP contribution in [0, 0.1) is 18.2 Å². The summed E-state index contributed by atoms with van der Waals surface area (Å²) in [6.07, 6.45) is 0.175. The van der Waals surface area contributed by atoms with Gasteiger partial charge in [0.25, 0.3) is 0 Å². The quantitative estimate of drug-likeness (QED) is 0.924. The van der Waals surface area contributed by atoms with Crippen LogP contribution in [0.5, 0.6) is 0 Å². The molecule has 0 aliphatic heterocycles. The molecule has 0 aliphatic carbocycles. The van der Waals surface area contributed by atoms with Crippen LogP contribution in [0.4, 0.5) is 4.39 Å². The molecule has 4 heteroatoms. The molecule has 0 aromatic heterocycles. The summed E-state index contributed by atoms with van der Waals surface area (Å²) in [5, 5.41) is 9.00. The molecule has 0 saturated heterocycles. The van der Waals surface area contributed by atoms with Crippen LogP contribution in [0.2, 0.25) is 0 Å². The number of carboxylic acid groups (broad SMARTS) is 1. The predicted molar refractivity (Wildman–Crippen MR) is 64.0 cm³/mol. The SMILES string of the molecule is Cc1cc(Br)c(F)c(CC(C)(C)C(=O)O)c1. The van der Waals surface area contributed by atoms with E-state index in [1.54, 1.807) is 26.0 Å². The van der Waals surface area contributed by atoms with Crippen molar-refractivity contribution in [2.45, 2.75) is 27.2 Å². The van der Waals surface area contributed by atoms with Crippen molar-refractivity contribution in [1.82, 2.24) is 0 Å². The maximum atomic E-state index is 13.7. The molecular formula is C12H14BrFO2. The molecule has 16 heavy (non-hydrogen) atoms. The second-order valence-corrected chi connectivity index (χ2v) is 5.44. The number of halogens is 2. The van der Waals surface area contributed by atoms with E-state index in [9.17, 15) is 9.18 Å². The fourth-order valence-corrected chi connectivity index (χ4v) is 2.09. The van der Waals surface area contributed by atoms with Gasteiger partial charge in [-0.15, -0.1) is 0 Å². The number of aliphatic carboxylic acids is 1. The zero-order valence-corrected chi connectivity index (χ0v) is 11.1. The third-order valence-corrected chi connectivity index (χ3v) is 3.04. The van der Waals surface area contributed by atoms with Crippen molar-refractivity contribution in [2.75, 3.05) is 0 Å². The van der Waals surface area contributed by atoms with Gasteiger partial charge in [-0.3, -0.25) is 4.79 Å². The van der Waals surface area contributed by atoms with Gasteiger partial charge < -0.3 is 5.11 Å². The molecule has 0 fully saturated rings. The first-order valence-electron chi connectivity index (χ1n) is 4.92. The number of carboxylic acids is 1. The van der Waals surface area contributed by atoms with Gasteiger partial charge in [-0.2, -0.15) is 0 Å². The van der Waals surface area contributed by atoms with Gasteiger partial charge in [-0.05, 0) is 60.3 Å². The van der Waals surface area contributed by atoms with Crippen LogP contribution in [0.1, 0.15) is 25.0 Å². The van der Waals surface area contributed by atoms with E-state index in [1.165, 1.54) is 0 Å². The fourth-order valence-electron chi connectivity index (χ4n) is 1.48. The zero-order chi connectivity index (χ0) is 12.5. The molecule has 1 aromatic rings. The molecule has 1 N–H and O–H groups in total. The van der Waals surface area contributed by atoms with E-state index in [1.807, 2.05) is 6.92 Å². The number of aryl methyl sites for hydroxylation is 1. The van der Waals surface area contributed by atoms with Gasteiger partial charge >= 0.3 is 5.97 Å². The summed E-state index contributed by atoms with van der Waals surface area (Å²) >= 11 is 3.12. The Morgan fingerprint density at radius 3 is 2.56 bits per heavy atom. The van der Waals surface area contributed by atoms with E-state index >= 15 is 0 Å². The molecule has 0 heterocycles. The molecule has 2 nitrogen and oxygen atoms in total. The molecule has 1 aromatic carbocycles. The third-order valence-electron chi connectivity index (χ3n) is 2.46. The van der Waals surface area contributed by atoms with E-state index in [2.05, 4.69) is 15.9 Å². The van der Waals surface area contributed by atoms with Gasteiger partial charge in [-0.25, -0.2) is 4.39 Å². The van der Waals surface area contributed by atoms with Gasteiger partial charge in [0.05, 0.1) is 9.89 Å². The summed E-state index contributed by atoms with van der Waals surface area (Å²) in [6, 6.07) is 3.36. The lowest BCUT2D eigenvalue weighted by Crippen LogP contribution is -2.26. The smallest absolute Gasteiger partial charge is 0.309 e. The second kappa shape index (κ2) is 4.53. The number of hydrogen-bond acceptors (Lipinski definition) is 1. The second-order valence-electron chi connectivity index (χ2n) is 4.59. The zero-order valence-electron chi connectivity index (χ0n) is 9.47. The van der Waals surface area contributed by atoms with Gasteiger partial charge in [0.1, 0.15) is 5.82 Å². The fraction of sp³-hybridized carbons (Fsp3) is 0.417. The van der Waals surface area contributed by atoms with Crippen molar-refractivity contribution in [3.8, 4) is 0 Å². The van der Waals surface area contributed by atoms with Gasteiger partial charge in [0, 0.05) is 0 Å². The van der Waals surface area contributed by atoms with E-state index < -0.39 is 11.4 Å². The van der Waals surface area contributed by atoms with Gasteiger partial charge in [0.2, 0.25) is 0 Å². The van der Waals surface area contributed by atoms with Gasteiger partial charge in [-0.1, -0.05) is 6.07 Å². The minimum atomic E-state index is -0.964. The van der Waals surface area contributed by atoms with Crippen LogP contribution in [0.25, 0.3) is 0 Å². The summed E-state index contributed by atoms with van der Waals surface area (Å²) in [4.78, 5) is 11.0. The van der Waals surface area contributed by atoms with Crippen molar-refractivity contribution >= 4 is 21.9 Å². The van der Waals surface area contributed by atoms with Crippen molar-refractivity contribution in [3.05, 3.63) is 33.5 Å². The minimum absolute atomic E-state index is 0.175. The van der Waals surface area contributed by atoms with Crippen molar-refractivity contribution in [2.24, 2.45) is 5.41 Å². The molecule has 0 radical (unpaired) electrons. The van der Waals surface area contributed by atoms with Crippen LogP contribution in [-0.4, -0.2) is 11.1 Å².